The molecule has 1 N–H and O–H groups in total. The molecule has 0 aliphatic carbocycles. The summed E-state index contributed by atoms with van der Waals surface area (Å²) >= 11 is 10.6. The number of benzene rings is 2. The maximum Gasteiger partial charge on any atom is 0.338 e. The van der Waals surface area contributed by atoms with Gasteiger partial charge in [-0.1, -0.05) is 51.0 Å². The van der Waals surface area contributed by atoms with Gasteiger partial charge in [-0.3, -0.25) is 9.36 Å². The Bertz CT molecular complexity index is 1830. The second-order valence-corrected chi connectivity index (χ2v) is 10.9. The molecule has 11 heteroatoms. The average molecular weight is 628 g/mol. The van der Waals surface area contributed by atoms with Crippen LogP contribution in [0.1, 0.15) is 41.6 Å². The van der Waals surface area contributed by atoms with Crippen molar-refractivity contribution in [3.63, 3.8) is 0 Å². The Morgan fingerprint density at radius 3 is 2.64 bits per heavy atom. The van der Waals surface area contributed by atoms with Gasteiger partial charge in [-0.15, -0.1) is 0 Å². The normalized spacial score (nSPS) is 15.2. The molecule has 0 bridgehead atoms. The van der Waals surface area contributed by atoms with Crippen molar-refractivity contribution in [2.75, 3.05) is 6.61 Å². The first-order valence-corrected chi connectivity index (χ1v) is 13.7. The highest BCUT2D eigenvalue weighted by Crippen LogP contribution is 2.31. The second kappa shape index (κ2) is 10.8. The summed E-state index contributed by atoms with van der Waals surface area (Å²) in [4.78, 5) is 43.2. The largest absolute Gasteiger partial charge is 0.478 e. The van der Waals surface area contributed by atoms with Crippen LogP contribution < -0.4 is 14.9 Å². The van der Waals surface area contributed by atoms with Crippen molar-refractivity contribution >= 4 is 56.9 Å². The summed E-state index contributed by atoms with van der Waals surface area (Å²) < 4.78 is 14.0. The van der Waals surface area contributed by atoms with Crippen LogP contribution >= 0.6 is 38.9 Å². The molecule has 198 valence electrons. The van der Waals surface area contributed by atoms with Gasteiger partial charge in [0.15, 0.2) is 4.80 Å². The van der Waals surface area contributed by atoms with Crippen molar-refractivity contribution in [3.8, 4) is 11.3 Å². The van der Waals surface area contributed by atoms with E-state index >= 15 is 0 Å². The zero-order chi connectivity index (χ0) is 27.8. The summed E-state index contributed by atoms with van der Waals surface area (Å²) in [6, 6.07) is 14.6. The molecule has 8 nitrogen and oxygen atoms in total. The molecule has 0 amide bonds. The number of aromatic carboxylic acids is 1. The van der Waals surface area contributed by atoms with E-state index in [9.17, 15) is 19.5 Å². The van der Waals surface area contributed by atoms with E-state index in [2.05, 4.69) is 20.9 Å². The summed E-state index contributed by atoms with van der Waals surface area (Å²) in [7, 11) is 0. The molecule has 4 aromatic rings. The number of hydrogen-bond acceptors (Lipinski definition) is 7. The van der Waals surface area contributed by atoms with Crippen LogP contribution in [0.25, 0.3) is 17.4 Å². The lowest BCUT2D eigenvalue weighted by molar-refractivity contribution is -0.139. The van der Waals surface area contributed by atoms with E-state index in [4.69, 9.17) is 20.8 Å². The number of halogens is 2. The first-order chi connectivity index (χ1) is 18.7. The Labute approximate surface area is 239 Å². The van der Waals surface area contributed by atoms with Crippen molar-refractivity contribution in [1.29, 1.82) is 0 Å². The van der Waals surface area contributed by atoms with Crippen LogP contribution in [0.4, 0.5) is 0 Å². The molecule has 0 saturated heterocycles. The first kappa shape index (κ1) is 26.9. The fourth-order valence-corrected chi connectivity index (χ4v) is 5.80. The fourth-order valence-electron chi connectivity index (χ4n) is 4.31. The number of carboxylic acid groups (broad SMARTS) is 1. The maximum atomic E-state index is 13.7. The van der Waals surface area contributed by atoms with Gasteiger partial charge < -0.3 is 14.3 Å². The van der Waals surface area contributed by atoms with E-state index in [1.54, 1.807) is 38.1 Å². The third-order valence-corrected chi connectivity index (χ3v) is 7.93. The van der Waals surface area contributed by atoms with Crippen LogP contribution in [-0.2, 0) is 9.53 Å². The van der Waals surface area contributed by atoms with Crippen molar-refractivity contribution in [2.24, 2.45) is 4.99 Å². The molecule has 1 aliphatic heterocycles. The number of thiazole rings is 1. The third kappa shape index (κ3) is 5.15. The Balaban J connectivity index is 1.61. The summed E-state index contributed by atoms with van der Waals surface area (Å²) in [5, 5.41) is 9.49. The first-order valence-electron chi connectivity index (χ1n) is 11.8. The number of nitrogens with zero attached hydrogens (tertiary/aromatic N) is 2. The van der Waals surface area contributed by atoms with Crippen molar-refractivity contribution in [3.05, 3.63) is 112 Å². The molecule has 2 aromatic carbocycles. The van der Waals surface area contributed by atoms with Gasteiger partial charge in [-0.2, -0.15) is 0 Å². The van der Waals surface area contributed by atoms with Gasteiger partial charge in [0.2, 0.25) is 0 Å². The van der Waals surface area contributed by atoms with Crippen LogP contribution in [0, 0.1) is 0 Å². The monoisotopic (exact) mass is 626 g/mol. The van der Waals surface area contributed by atoms with Gasteiger partial charge in [-0.25, -0.2) is 14.6 Å². The molecule has 39 heavy (non-hydrogen) atoms. The van der Waals surface area contributed by atoms with Gasteiger partial charge in [0.1, 0.15) is 11.5 Å². The molecule has 1 aliphatic rings. The SMILES string of the molecule is CCOC(=O)C1=C(C)N=c2s/c(=C\c3ccc(-c4ccc(Cl)c(C(=O)O)c4)o3)c(=O)n2[C@H]1c1ccc(Br)cc1. The lowest BCUT2D eigenvalue weighted by Gasteiger charge is -2.24. The number of rotatable bonds is 6. The molecule has 0 fully saturated rings. The zero-order valence-corrected chi connectivity index (χ0v) is 23.8. The molecule has 0 unspecified atom stereocenters. The summed E-state index contributed by atoms with van der Waals surface area (Å²) in [6.07, 6.45) is 1.60. The van der Waals surface area contributed by atoms with Gasteiger partial charge in [0.05, 0.1) is 39.0 Å². The van der Waals surface area contributed by atoms with Crippen LogP contribution in [0.3, 0.4) is 0 Å². The molecule has 5 rings (SSSR count). The minimum atomic E-state index is -1.15. The van der Waals surface area contributed by atoms with Crippen molar-refractivity contribution < 1.29 is 23.8 Å². The number of carbonyl (C=O) groups is 2. The lowest BCUT2D eigenvalue weighted by atomic mass is 9.96. The molecule has 3 heterocycles. The predicted octanol–water partition coefficient (Wildman–Crippen LogP) is 5.17. The second-order valence-electron chi connectivity index (χ2n) is 8.56. The van der Waals surface area contributed by atoms with Gasteiger partial charge in [0, 0.05) is 16.1 Å². The summed E-state index contributed by atoms with van der Waals surface area (Å²) in [6.45, 7) is 3.64. The number of ether oxygens (including phenoxy) is 1. The molecule has 0 spiro atoms. The number of carbonyl (C=O) groups excluding carboxylic acids is 1. The minimum absolute atomic E-state index is 0.0406. The average Bonchev–Trinajstić information content (AvgIpc) is 3.48. The third-order valence-electron chi connectivity index (χ3n) is 6.08. The smallest absolute Gasteiger partial charge is 0.338 e. The number of carboxylic acids is 1. The molecular formula is C28H20BrClN2O6S. The topological polar surface area (TPSA) is 111 Å². The standard InChI is InChI=1S/C28H20BrClN2O6S/c1-3-37-27(36)23-14(2)31-28-32(24(23)15-4-7-17(29)8-5-15)25(33)22(39-28)13-18-9-11-21(38-18)16-6-10-20(30)19(12-16)26(34)35/h4-13,24H,3H2,1-2H3,(H,34,35)/b22-13-/t24-/m0/s1. The van der Waals surface area contributed by atoms with Crippen LogP contribution in [0.5, 0.6) is 0 Å². The highest BCUT2D eigenvalue weighted by molar-refractivity contribution is 9.10. The summed E-state index contributed by atoms with van der Waals surface area (Å²) in [5.41, 5.74) is 1.67. The number of allylic oxidation sites excluding steroid dienone is 1. The maximum absolute atomic E-state index is 13.7. The Hall–Kier alpha value is -3.73. The van der Waals surface area contributed by atoms with E-state index in [1.807, 2.05) is 24.3 Å². The van der Waals surface area contributed by atoms with Gasteiger partial charge in [0.25, 0.3) is 5.56 Å². The zero-order valence-electron chi connectivity index (χ0n) is 20.6. The number of esters is 1. The fraction of sp³-hybridized carbons (Fsp3) is 0.143. The minimum Gasteiger partial charge on any atom is -0.478 e. The Kier molecular flexibility index (Phi) is 7.44. The van der Waals surface area contributed by atoms with E-state index in [1.165, 1.54) is 28.0 Å². The molecule has 1 atom stereocenters. The predicted molar refractivity (Wildman–Crippen MR) is 151 cm³/mol. The molecule has 0 radical (unpaired) electrons. The molecule has 2 aromatic heterocycles. The molecule has 0 saturated carbocycles. The van der Waals surface area contributed by atoms with Gasteiger partial charge in [-0.05, 0) is 61.9 Å². The van der Waals surface area contributed by atoms with Crippen LogP contribution in [0.2, 0.25) is 5.02 Å². The van der Waals surface area contributed by atoms with E-state index in [0.717, 1.165) is 10.0 Å². The van der Waals surface area contributed by atoms with Gasteiger partial charge >= 0.3 is 11.9 Å². The van der Waals surface area contributed by atoms with E-state index in [-0.39, 0.29) is 22.8 Å². The molecular weight excluding hydrogens is 608 g/mol. The van der Waals surface area contributed by atoms with Crippen molar-refractivity contribution in [2.45, 2.75) is 19.9 Å². The lowest BCUT2D eigenvalue weighted by Crippen LogP contribution is -2.39. The quantitative estimate of drug-likeness (QED) is 0.295. The van der Waals surface area contributed by atoms with Crippen LogP contribution in [0.15, 0.2) is 84.5 Å². The van der Waals surface area contributed by atoms with E-state index in [0.29, 0.717) is 37.7 Å². The Morgan fingerprint density at radius 1 is 1.21 bits per heavy atom. The number of furan rings is 1. The Morgan fingerprint density at radius 2 is 1.95 bits per heavy atom. The van der Waals surface area contributed by atoms with Crippen molar-refractivity contribution in [1.82, 2.24) is 4.57 Å². The number of hydrogen-bond donors (Lipinski definition) is 1. The number of aromatic nitrogens is 1. The highest BCUT2D eigenvalue weighted by atomic mass is 79.9. The number of fused-ring (bicyclic) bond motifs is 1. The highest BCUT2D eigenvalue weighted by Gasteiger charge is 2.33. The van der Waals surface area contributed by atoms with Crippen LogP contribution in [-0.4, -0.2) is 28.2 Å². The van der Waals surface area contributed by atoms with E-state index < -0.39 is 18.0 Å². The summed E-state index contributed by atoms with van der Waals surface area (Å²) in [5.74, 6) is -0.863.